The van der Waals surface area contributed by atoms with E-state index in [9.17, 15) is 4.79 Å². The Kier molecular flexibility index (Phi) is 5.72. The van der Waals surface area contributed by atoms with Crippen LogP contribution in [0.5, 0.6) is 11.5 Å². The number of amides is 1. The number of benzene rings is 1. The molecule has 0 radical (unpaired) electrons. The number of rotatable bonds is 2. The summed E-state index contributed by atoms with van der Waals surface area (Å²) in [5, 5.41) is 0. The smallest absolute Gasteiger partial charge is 0.246 e. The molecule has 2 aliphatic rings. The van der Waals surface area contributed by atoms with Crippen molar-refractivity contribution in [1.82, 2.24) is 4.90 Å². The zero-order valence-electron chi connectivity index (χ0n) is 12.0. The van der Waals surface area contributed by atoms with Gasteiger partial charge in [-0.25, -0.2) is 0 Å². The maximum atomic E-state index is 12.1. The van der Waals surface area contributed by atoms with Crippen LogP contribution in [-0.2, 0) is 4.79 Å². The molecule has 0 aliphatic carbocycles. The van der Waals surface area contributed by atoms with E-state index in [1.165, 1.54) is 0 Å². The van der Waals surface area contributed by atoms with Gasteiger partial charge in [-0.15, -0.1) is 12.4 Å². The Balaban J connectivity index is 0.00000176. The molecule has 7 heteroatoms. The highest BCUT2D eigenvalue weighted by molar-refractivity contribution is 9.10. The molecule has 0 saturated carbocycles. The third kappa shape index (κ3) is 3.74. The van der Waals surface area contributed by atoms with Crippen molar-refractivity contribution in [2.24, 2.45) is 5.73 Å². The molecule has 1 unspecified atom stereocenters. The van der Waals surface area contributed by atoms with Gasteiger partial charge in [0, 0.05) is 25.2 Å². The number of likely N-dealkylation sites (tertiary alicyclic amines) is 1. The first kappa shape index (κ1) is 17.1. The molecule has 22 heavy (non-hydrogen) atoms. The molecule has 1 aromatic carbocycles. The van der Waals surface area contributed by atoms with Gasteiger partial charge in [-0.05, 0) is 46.1 Å². The van der Waals surface area contributed by atoms with Crippen molar-refractivity contribution in [3.8, 4) is 11.5 Å². The van der Waals surface area contributed by atoms with Crippen LogP contribution in [0, 0.1) is 0 Å². The van der Waals surface area contributed by atoms with Crippen LogP contribution in [-0.4, -0.2) is 43.2 Å². The minimum Gasteiger partial charge on any atom is -0.486 e. The number of carbonyl (C=O) groups excluding carboxylic acids is 1. The van der Waals surface area contributed by atoms with E-state index in [4.69, 9.17) is 15.2 Å². The summed E-state index contributed by atoms with van der Waals surface area (Å²) in [5.41, 5.74) is 6.70. The molecule has 1 fully saturated rings. The van der Waals surface area contributed by atoms with Gasteiger partial charge in [0.1, 0.15) is 13.2 Å². The van der Waals surface area contributed by atoms with Crippen LogP contribution < -0.4 is 15.2 Å². The molecule has 2 N–H and O–H groups in total. The molecule has 2 heterocycles. The summed E-state index contributed by atoms with van der Waals surface area (Å²) in [6.07, 6.45) is 4.24. The fourth-order valence-electron chi connectivity index (χ4n) is 2.49. The normalized spacial score (nSPS) is 20.1. The molecule has 1 aromatic rings. The van der Waals surface area contributed by atoms with Crippen molar-refractivity contribution in [2.75, 3.05) is 26.3 Å². The number of nitrogens with zero attached hydrogens (tertiary/aromatic N) is 1. The molecule has 1 saturated heterocycles. The standard InChI is InChI=1S/C15H17BrN2O3.ClH/c16-12-7-10(8-13-15(12)21-6-5-20-13)1-2-14(19)18-4-3-11(17)9-18;/h1-2,7-8,11H,3-6,9,17H2;1H. The summed E-state index contributed by atoms with van der Waals surface area (Å²) in [4.78, 5) is 13.8. The van der Waals surface area contributed by atoms with Crippen LogP contribution in [0.2, 0.25) is 0 Å². The average molecular weight is 390 g/mol. The quantitative estimate of drug-likeness (QED) is 0.788. The Bertz CT molecular complexity index is 594. The molecule has 1 atom stereocenters. The lowest BCUT2D eigenvalue weighted by Gasteiger charge is -2.20. The first-order valence-corrected chi connectivity index (χ1v) is 7.74. The Morgan fingerprint density at radius 1 is 1.36 bits per heavy atom. The molecule has 0 aromatic heterocycles. The lowest BCUT2D eigenvalue weighted by molar-refractivity contribution is -0.124. The maximum Gasteiger partial charge on any atom is 0.246 e. The van der Waals surface area contributed by atoms with E-state index in [0.717, 1.165) is 28.8 Å². The summed E-state index contributed by atoms with van der Waals surface area (Å²) in [6, 6.07) is 3.89. The van der Waals surface area contributed by atoms with Gasteiger partial charge in [0.05, 0.1) is 4.47 Å². The Hall–Kier alpha value is -1.24. The van der Waals surface area contributed by atoms with E-state index in [2.05, 4.69) is 15.9 Å². The first-order chi connectivity index (χ1) is 10.1. The number of hydrogen-bond acceptors (Lipinski definition) is 4. The molecule has 3 rings (SSSR count). The predicted octanol–water partition coefficient (Wildman–Crippen LogP) is 2.21. The predicted molar refractivity (Wildman–Crippen MR) is 90.6 cm³/mol. The summed E-state index contributed by atoms with van der Waals surface area (Å²) in [5.74, 6) is 1.41. The van der Waals surface area contributed by atoms with Gasteiger partial charge in [0.2, 0.25) is 5.91 Å². The molecule has 5 nitrogen and oxygen atoms in total. The van der Waals surface area contributed by atoms with Gasteiger partial charge < -0.3 is 20.1 Å². The van der Waals surface area contributed by atoms with Crippen LogP contribution in [0.3, 0.4) is 0 Å². The Morgan fingerprint density at radius 3 is 2.86 bits per heavy atom. The largest absolute Gasteiger partial charge is 0.486 e. The highest BCUT2D eigenvalue weighted by Gasteiger charge is 2.22. The van der Waals surface area contributed by atoms with Crippen molar-refractivity contribution < 1.29 is 14.3 Å². The van der Waals surface area contributed by atoms with E-state index >= 15 is 0 Å². The molecular formula is C15H18BrClN2O3. The van der Waals surface area contributed by atoms with Crippen LogP contribution in [0.15, 0.2) is 22.7 Å². The highest BCUT2D eigenvalue weighted by atomic mass is 79.9. The summed E-state index contributed by atoms with van der Waals surface area (Å²) in [7, 11) is 0. The minimum atomic E-state index is -0.00559. The van der Waals surface area contributed by atoms with Crippen LogP contribution in [0.4, 0.5) is 0 Å². The van der Waals surface area contributed by atoms with E-state index in [1.807, 2.05) is 12.1 Å². The van der Waals surface area contributed by atoms with Crippen molar-refractivity contribution >= 4 is 40.3 Å². The lowest BCUT2D eigenvalue weighted by atomic mass is 10.1. The van der Waals surface area contributed by atoms with E-state index in [0.29, 0.717) is 25.5 Å². The molecule has 1 amide bonds. The van der Waals surface area contributed by atoms with E-state index in [1.54, 1.807) is 17.1 Å². The second kappa shape index (κ2) is 7.35. The minimum absolute atomic E-state index is 0. The van der Waals surface area contributed by atoms with Crippen molar-refractivity contribution in [3.05, 3.63) is 28.2 Å². The molecule has 120 valence electrons. The zero-order chi connectivity index (χ0) is 14.8. The average Bonchev–Trinajstić information content (AvgIpc) is 2.91. The van der Waals surface area contributed by atoms with Gasteiger partial charge in [0.15, 0.2) is 11.5 Å². The summed E-state index contributed by atoms with van der Waals surface area (Å²) in [6.45, 7) is 2.45. The van der Waals surface area contributed by atoms with Crippen molar-refractivity contribution in [1.29, 1.82) is 0 Å². The Labute approximate surface area is 144 Å². The Morgan fingerprint density at radius 2 is 2.14 bits per heavy atom. The number of nitrogens with two attached hydrogens (primary N) is 1. The van der Waals surface area contributed by atoms with Gasteiger partial charge in [-0.2, -0.15) is 0 Å². The first-order valence-electron chi connectivity index (χ1n) is 6.95. The van der Waals surface area contributed by atoms with Gasteiger partial charge in [-0.1, -0.05) is 0 Å². The van der Waals surface area contributed by atoms with Crippen LogP contribution in [0.1, 0.15) is 12.0 Å². The van der Waals surface area contributed by atoms with Crippen molar-refractivity contribution in [3.63, 3.8) is 0 Å². The number of hydrogen-bond donors (Lipinski definition) is 1. The third-order valence-electron chi connectivity index (χ3n) is 3.57. The van der Waals surface area contributed by atoms with E-state index < -0.39 is 0 Å². The number of fused-ring (bicyclic) bond motifs is 1. The number of halogens is 2. The summed E-state index contributed by atoms with van der Waals surface area (Å²) < 4.78 is 11.9. The number of ether oxygens (including phenoxy) is 2. The fourth-order valence-corrected chi connectivity index (χ4v) is 3.06. The lowest BCUT2D eigenvalue weighted by Crippen LogP contribution is -2.30. The SMILES string of the molecule is Cl.NC1CCN(C(=O)C=Cc2cc(Br)c3c(c2)OCCO3)C1. The monoisotopic (exact) mass is 388 g/mol. The topological polar surface area (TPSA) is 64.8 Å². The third-order valence-corrected chi connectivity index (χ3v) is 4.16. The molecule has 0 bridgehead atoms. The molecular weight excluding hydrogens is 372 g/mol. The highest BCUT2D eigenvalue weighted by Crippen LogP contribution is 2.38. The van der Waals surface area contributed by atoms with E-state index in [-0.39, 0.29) is 24.4 Å². The zero-order valence-corrected chi connectivity index (χ0v) is 14.4. The van der Waals surface area contributed by atoms with Gasteiger partial charge in [-0.3, -0.25) is 4.79 Å². The van der Waals surface area contributed by atoms with Gasteiger partial charge >= 0.3 is 0 Å². The molecule has 2 aliphatic heterocycles. The second-order valence-electron chi connectivity index (χ2n) is 5.19. The maximum absolute atomic E-state index is 12.1. The van der Waals surface area contributed by atoms with Crippen LogP contribution in [0.25, 0.3) is 6.08 Å². The fraction of sp³-hybridized carbons (Fsp3) is 0.400. The summed E-state index contributed by atoms with van der Waals surface area (Å²) >= 11 is 3.46. The number of carbonyl (C=O) groups is 1. The van der Waals surface area contributed by atoms with Gasteiger partial charge in [0.25, 0.3) is 0 Å². The molecule has 0 spiro atoms. The van der Waals surface area contributed by atoms with Crippen LogP contribution >= 0.6 is 28.3 Å². The second-order valence-corrected chi connectivity index (χ2v) is 6.05. The van der Waals surface area contributed by atoms with Crippen molar-refractivity contribution in [2.45, 2.75) is 12.5 Å².